The molecular weight excluding hydrogens is 302 g/mol. The van der Waals surface area contributed by atoms with E-state index < -0.39 is 0 Å². The Labute approximate surface area is 143 Å². The second-order valence-electron chi connectivity index (χ2n) is 5.37. The molecule has 0 atom stereocenters. The Kier molecular flexibility index (Phi) is 6.06. The first-order chi connectivity index (χ1) is 11.1. The predicted molar refractivity (Wildman–Crippen MR) is 104 cm³/mol. The number of thiocarbonyl (C=S) groups is 1. The summed E-state index contributed by atoms with van der Waals surface area (Å²) in [5.74, 6) is 0. The van der Waals surface area contributed by atoms with Crippen LogP contribution in [0, 0.1) is 13.8 Å². The predicted octanol–water partition coefficient (Wildman–Crippen LogP) is 4.68. The fraction of sp³-hybridized carbons (Fsp3) is 0.158. The molecule has 0 saturated carbocycles. The molecule has 2 aromatic rings. The summed E-state index contributed by atoms with van der Waals surface area (Å²) in [6.45, 7) is 6.14. The maximum atomic E-state index is 5.27. The third-order valence-electron chi connectivity index (χ3n) is 3.48. The molecule has 2 N–H and O–H groups in total. The second kappa shape index (κ2) is 8.25. The number of aryl methyl sites for hydroxylation is 1. The minimum absolute atomic E-state index is 0.475. The van der Waals surface area contributed by atoms with Gasteiger partial charge in [0.1, 0.15) is 0 Å². The molecule has 0 radical (unpaired) electrons. The number of anilines is 1. The van der Waals surface area contributed by atoms with Crippen molar-refractivity contribution in [3.8, 4) is 0 Å². The molecule has 4 heteroatoms. The molecule has 0 fully saturated rings. The molecule has 0 unspecified atom stereocenters. The smallest absolute Gasteiger partial charge is 0.191 e. The monoisotopic (exact) mass is 323 g/mol. The van der Waals surface area contributed by atoms with Crippen LogP contribution in [0.4, 0.5) is 5.69 Å². The molecule has 118 valence electrons. The zero-order chi connectivity index (χ0) is 16.7. The van der Waals surface area contributed by atoms with Crippen molar-refractivity contribution in [2.75, 3.05) is 5.32 Å². The Balaban J connectivity index is 1.91. The Morgan fingerprint density at radius 3 is 2.52 bits per heavy atom. The number of hydrazone groups is 1. The molecule has 0 spiro atoms. The molecule has 3 nitrogen and oxygen atoms in total. The quantitative estimate of drug-likeness (QED) is 0.487. The van der Waals surface area contributed by atoms with Crippen LogP contribution in [0.15, 0.2) is 59.2 Å². The molecule has 2 rings (SSSR count). The van der Waals surface area contributed by atoms with E-state index in [2.05, 4.69) is 54.0 Å². The molecule has 0 heterocycles. The molecule has 23 heavy (non-hydrogen) atoms. The minimum atomic E-state index is 0.475. The average Bonchev–Trinajstić information content (AvgIpc) is 2.53. The maximum Gasteiger partial charge on any atom is 0.191 e. The van der Waals surface area contributed by atoms with Crippen molar-refractivity contribution in [1.82, 2.24) is 5.43 Å². The normalized spacial score (nSPS) is 11.5. The molecule has 0 aromatic heterocycles. The highest BCUT2D eigenvalue weighted by Crippen LogP contribution is 2.17. The third kappa shape index (κ3) is 5.34. The molecular formula is C19H21N3S. The fourth-order valence-electron chi connectivity index (χ4n) is 2.08. The summed E-state index contributed by atoms with van der Waals surface area (Å²) in [5.41, 5.74) is 8.43. The first kappa shape index (κ1) is 16.9. The number of rotatable bonds is 4. The van der Waals surface area contributed by atoms with E-state index in [1.54, 1.807) is 6.21 Å². The van der Waals surface area contributed by atoms with E-state index in [1.807, 2.05) is 37.3 Å². The molecule has 0 amide bonds. The van der Waals surface area contributed by atoms with E-state index >= 15 is 0 Å². The summed E-state index contributed by atoms with van der Waals surface area (Å²) in [6.07, 6.45) is 3.82. The summed E-state index contributed by atoms with van der Waals surface area (Å²) >= 11 is 5.27. The van der Waals surface area contributed by atoms with E-state index in [4.69, 9.17) is 12.2 Å². The van der Waals surface area contributed by atoms with Crippen LogP contribution >= 0.6 is 12.2 Å². The highest BCUT2D eigenvalue weighted by atomic mass is 32.1. The number of benzene rings is 2. The number of nitrogens with zero attached hydrogens (tertiary/aromatic N) is 1. The highest BCUT2D eigenvalue weighted by Gasteiger charge is 2.01. The van der Waals surface area contributed by atoms with Gasteiger partial charge >= 0.3 is 0 Å². The summed E-state index contributed by atoms with van der Waals surface area (Å²) in [5, 5.41) is 7.80. The summed E-state index contributed by atoms with van der Waals surface area (Å²) in [4.78, 5) is 0. The molecule has 2 aromatic carbocycles. The van der Waals surface area contributed by atoms with Gasteiger partial charge < -0.3 is 5.32 Å². The first-order valence-corrected chi connectivity index (χ1v) is 7.86. The number of allylic oxidation sites excluding steroid dienone is 1. The number of hydrogen-bond acceptors (Lipinski definition) is 2. The molecule has 0 aliphatic heterocycles. The highest BCUT2D eigenvalue weighted by molar-refractivity contribution is 7.80. The topological polar surface area (TPSA) is 36.4 Å². The van der Waals surface area contributed by atoms with Crippen molar-refractivity contribution in [1.29, 1.82) is 0 Å². The van der Waals surface area contributed by atoms with Gasteiger partial charge in [-0.3, -0.25) is 5.43 Å². The van der Waals surface area contributed by atoms with Gasteiger partial charge in [0.05, 0.1) is 6.21 Å². The summed E-state index contributed by atoms with van der Waals surface area (Å²) < 4.78 is 0. The lowest BCUT2D eigenvalue weighted by molar-refractivity contribution is 1.05. The SMILES string of the molecule is CC(/C=N/NC(=S)Nc1cccc(C)c1C)=C\c1ccccc1. The van der Waals surface area contributed by atoms with Crippen LogP contribution in [0.3, 0.4) is 0 Å². The second-order valence-corrected chi connectivity index (χ2v) is 5.78. The lowest BCUT2D eigenvalue weighted by Crippen LogP contribution is -2.24. The van der Waals surface area contributed by atoms with E-state index in [-0.39, 0.29) is 0 Å². The Hall–Kier alpha value is -2.46. The van der Waals surface area contributed by atoms with Crippen LogP contribution < -0.4 is 10.7 Å². The standard InChI is InChI=1S/C19H21N3S/c1-14(12-17-9-5-4-6-10-17)13-20-22-19(23)21-18-11-7-8-15(2)16(18)3/h4-13H,1-3H3,(H2,21,22,23)/b14-12+,20-13+. The van der Waals surface area contributed by atoms with E-state index in [1.165, 1.54) is 11.1 Å². The maximum absolute atomic E-state index is 5.27. The zero-order valence-electron chi connectivity index (χ0n) is 13.6. The van der Waals surface area contributed by atoms with Crippen LogP contribution in [0.25, 0.3) is 6.08 Å². The average molecular weight is 323 g/mol. The summed E-state index contributed by atoms with van der Waals surface area (Å²) in [6, 6.07) is 16.2. The van der Waals surface area contributed by atoms with Crippen molar-refractivity contribution < 1.29 is 0 Å². The van der Waals surface area contributed by atoms with Gasteiger partial charge in [-0.25, -0.2) is 0 Å². The Morgan fingerprint density at radius 1 is 1.04 bits per heavy atom. The fourth-order valence-corrected chi connectivity index (χ4v) is 2.24. The van der Waals surface area contributed by atoms with Crippen LogP contribution in [0.1, 0.15) is 23.6 Å². The van der Waals surface area contributed by atoms with Crippen molar-refractivity contribution in [2.45, 2.75) is 20.8 Å². The van der Waals surface area contributed by atoms with Crippen molar-refractivity contribution in [2.24, 2.45) is 5.10 Å². The van der Waals surface area contributed by atoms with Gasteiger partial charge in [0, 0.05) is 5.69 Å². The number of hydrogen-bond donors (Lipinski definition) is 2. The van der Waals surface area contributed by atoms with Crippen LogP contribution in [0.2, 0.25) is 0 Å². The van der Waals surface area contributed by atoms with Gasteiger partial charge in [-0.2, -0.15) is 5.10 Å². The lowest BCUT2D eigenvalue weighted by atomic mass is 10.1. The summed E-state index contributed by atoms with van der Waals surface area (Å²) in [7, 11) is 0. The first-order valence-electron chi connectivity index (χ1n) is 7.46. The van der Waals surface area contributed by atoms with Crippen LogP contribution in [-0.2, 0) is 0 Å². The number of nitrogens with one attached hydrogen (secondary N) is 2. The Bertz CT molecular complexity index is 734. The van der Waals surface area contributed by atoms with Crippen molar-refractivity contribution in [3.63, 3.8) is 0 Å². The van der Waals surface area contributed by atoms with Crippen LogP contribution in [-0.4, -0.2) is 11.3 Å². The van der Waals surface area contributed by atoms with Gasteiger partial charge in [0.15, 0.2) is 5.11 Å². The van der Waals surface area contributed by atoms with Gasteiger partial charge in [0.25, 0.3) is 0 Å². The molecule has 0 saturated heterocycles. The van der Waals surface area contributed by atoms with Crippen molar-refractivity contribution in [3.05, 3.63) is 70.8 Å². The van der Waals surface area contributed by atoms with Gasteiger partial charge in [-0.1, -0.05) is 48.5 Å². The van der Waals surface area contributed by atoms with E-state index in [0.717, 1.165) is 16.8 Å². The van der Waals surface area contributed by atoms with Crippen LogP contribution in [0.5, 0.6) is 0 Å². The lowest BCUT2D eigenvalue weighted by Gasteiger charge is -2.11. The minimum Gasteiger partial charge on any atom is -0.331 e. The zero-order valence-corrected chi connectivity index (χ0v) is 14.4. The molecule has 0 aliphatic carbocycles. The van der Waals surface area contributed by atoms with E-state index in [0.29, 0.717) is 5.11 Å². The Morgan fingerprint density at radius 2 is 1.78 bits per heavy atom. The van der Waals surface area contributed by atoms with E-state index in [9.17, 15) is 0 Å². The largest absolute Gasteiger partial charge is 0.331 e. The molecule has 0 aliphatic rings. The van der Waals surface area contributed by atoms with Crippen molar-refractivity contribution >= 4 is 35.3 Å². The third-order valence-corrected chi connectivity index (χ3v) is 3.67. The van der Waals surface area contributed by atoms with Gasteiger partial charge in [-0.15, -0.1) is 0 Å². The molecule has 0 bridgehead atoms. The van der Waals surface area contributed by atoms with Gasteiger partial charge in [0.2, 0.25) is 0 Å². The van der Waals surface area contributed by atoms with Gasteiger partial charge in [-0.05, 0) is 61.3 Å².